The molecular weight excluding hydrogens is 556 g/mol. The van der Waals surface area contributed by atoms with Crippen molar-refractivity contribution in [2.75, 3.05) is 37.8 Å². The maximum Gasteiger partial charge on any atom is 0.284 e. The summed E-state index contributed by atoms with van der Waals surface area (Å²) >= 11 is 0. The van der Waals surface area contributed by atoms with Gasteiger partial charge in [0.05, 0.1) is 29.9 Å². The van der Waals surface area contributed by atoms with Gasteiger partial charge in [-0.1, -0.05) is 6.07 Å². The molecule has 2 aliphatic rings. The molecule has 5 heterocycles. The van der Waals surface area contributed by atoms with Crippen LogP contribution in [0.5, 0.6) is 0 Å². The van der Waals surface area contributed by atoms with E-state index in [0.717, 1.165) is 4.68 Å². The number of likely N-dealkylation sites (tertiary alicyclic amines) is 1. The van der Waals surface area contributed by atoms with Crippen LogP contribution in [0.4, 0.5) is 23.2 Å². The number of hydrogen-bond donors (Lipinski definition) is 1. The summed E-state index contributed by atoms with van der Waals surface area (Å²) in [4.78, 5) is 19.3. The summed E-state index contributed by atoms with van der Waals surface area (Å²) < 4.78 is 80.2. The van der Waals surface area contributed by atoms with Crippen LogP contribution in [0.25, 0.3) is 11.3 Å². The van der Waals surface area contributed by atoms with Crippen LogP contribution in [0.1, 0.15) is 41.5 Å². The highest BCUT2D eigenvalue weighted by Crippen LogP contribution is 2.32. The molecule has 3 aromatic rings. The highest BCUT2D eigenvalue weighted by Gasteiger charge is 2.37. The molecule has 0 atom stereocenters. The predicted octanol–water partition coefficient (Wildman–Crippen LogP) is 2.88. The molecule has 2 saturated heterocycles. The fraction of sp³-hybridized carbons (Fsp3) is 0.500. The summed E-state index contributed by atoms with van der Waals surface area (Å²) in [7, 11) is -3.22. The van der Waals surface area contributed by atoms with Gasteiger partial charge in [0.2, 0.25) is 10.0 Å². The average molecular weight is 585 g/mol. The van der Waals surface area contributed by atoms with Crippen molar-refractivity contribution in [3.8, 4) is 11.3 Å². The van der Waals surface area contributed by atoms with Crippen molar-refractivity contribution in [2.45, 2.75) is 44.3 Å². The van der Waals surface area contributed by atoms with E-state index in [4.69, 9.17) is 0 Å². The first-order valence-corrected chi connectivity index (χ1v) is 14.5. The molecule has 1 N–H and O–H groups in total. The van der Waals surface area contributed by atoms with Gasteiger partial charge >= 0.3 is 0 Å². The molecule has 40 heavy (non-hydrogen) atoms. The van der Waals surface area contributed by atoms with E-state index in [0.29, 0.717) is 50.3 Å². The lowest BCUT2D eigenvalue weighted by Gasteiger charge is -2.46. The number of piperidine rings is 1. The Labute approximate surface area is 227 Å². The number of pyridine rings is 1. The summed E-state index contributed by atoms with van der Waals surface area (Å²) in [5.41, 5.74) is -0.000295. The van der Waals surface area contributed by atoms with Gasteiger partial charge < -0.3 is 5.32 Å². The highest BCUT2D eigenvalue weighted by atomic mass is 32.2. The molecule has 0 aliphatic carbocycles. The molecule has 2 fully saturated rings. The summed E-state index contributed by atoms with van der Waals surface area (Å²) in [6.45, 7) is 1.47. The number of sulfonamides is 1. The Morgan fingerprint density at radius 3 is 2.48 bits per heavy atom. The Bertz CT molecular complexity index is 1460. The van der Waals surface area contributed by atoms with Crippen LogP contribution < -0.4 is 5.32 Å². The predicted molar refractivity (Wildman–Crippen MR) is 137 cm³/mol. The molecule has 1 amide bonds. The highest BCUT2D eigenvalue weighted by molar-refractivity contribution is 7.88. The van der Waals surface area contributed by atoms with Crippen LogP contribution in [0.15, 0.2) is 36.8 Å². The molecule has 0 saturated carbocycles. The molecular formula is C24H28F4N8O3S. The van der Waals surface area contributed by atoms with Crippen molar-refractivity contribution in [1.29, 1.82) is 0 Å². The second kappa shape index (κ2) is 11.2. The number of amides is 1. The molecule has 216 valence electrons. The smallest absolute Gasteiger partial charge is 0.284 e. The summed E-state index contributed by atoms with van der Waals surface area (Å²) in [5, 5.41) is 10.4. The maximum atomic E-state index is 13.8. The molecule has 3 aromatic heterocycles. The van der Waals surface area contributed by atoms with Crippen LogP contribution in [-0.4, -0.2) is 93.0 Å². The van der Waals surface area contributed by atoms with E-state index < -0.39 is 41.0 Å². The maximum absolute atomic E-state index is 13.8. The lowest BCUT2D eigenvalue weighted by atomic mass is 9.98. The SMILES string of the molecule is CS(=O)(=O)N1CCC(N2CC(n3cc(NC(=O)c4cccc(-c5cnn(CC(F)F)c5)n4)c(C(F)F)n3)C2)CC1. The number of halogens is 4. The van der Waals surface area contributed by atoms with Crippen LogP contribution in [0.3, 0.4) is 0 Å². The lowest BCUT2D eigenvalue weighted by molar-refractivity contribution is 0.0300. The minimum atomic E-state index is -3.22. The van der Waals surface area contributed by atoms with Gasteiger partial charge in [-0.15, -0.1) is 0 Å². The first-order valence-electron chi connectivity index (χ1n) is 12.6. The van der Waals surface area contributed by atoms with E-state index >= 15 is 0 Å². The van der Waals surface area contributed by atoms with Crippen molar-refractivity contribution in [3.63, 3.8) is 0 Å². The fourth-order valence-electron chi connectivity index (χ4n) is 4.99. The topological polar surface area (TPSA) is 118 Å². The fourth-order valence-corrected chi connectivity index (χ4v) is 5.86. The first-order chi connectivity index (χ1) is 19.0. The van der Waals surface area contributed by atoms with Crippen LogP contribution in [0, 0.1) is 0 Å². The quantitative estimate of drug-likeness (QED) is 0.385. The molecule has 0 spiro atoms. The van der Waals surface area contributed by atoms with Gasteiger partial charge in [0.1, 0.15) is 12.2 Å². The number of rotatable bonds is 9. The van der Waals surface area contributed by atoms with Crippen molar-refractivity contribution >= 4 is 21.6 Å². The van der Waals surface area contributed by atoms with E-state index in [9.17, 15) is 30.8 Å². The molecule has 0 aromatic carbocycles. The zero-order valence-corrected chi connectivity index (χ0v) is 22.3. The van der Waals surface area contributed by atoms with Crippen molar-refractivity contribution in [3.05, 3.63) is 48.2 Å². The first kappa shape index (κ1) is 28.2. The minimum absolute atomic E-state index is 0.0534. The number of nitrogens with one attached hydrogen (secondary N) is 1. The number of alkyl halides is 4. The minimum Gasteiger partial charge on any atom is -0.318 e. The third-order valence-corrected chi connectivity index (χ3v) is 8.43. The van der Waals surface area contributed by atoms with Crippen LogP contribution in [0.2, 0.25) is 0 Å². The van der Waals surface area contributed by atoms with E-state index in [1.54, 1.807) is 12.1 Å². The Morgan fingerprint density at radius 1 is 1.10 bits per heavy atom. The van der Waals surface area contributed by atoms with Gasteiger partial charge in [-0.2, -0.15) is 10.2 Å². The Morgan fingerprint density at radius 2 is 1.82 bits per heavy atom. The molecule has 2 aliphatic heterocycles. The monoisotopic (exact) mass is 584 g/mol. The van der Waals surface area contributed by atoms with Gasteiger partial charge in [-0.05, 0) is 25.0 Å². The number of anilines is 1. The van der Waals surface area contributed by atoms with Crippen molar-refractivity contribution in [2.24, 2.45) is 0 Å². The van der Waals surface area contributed by atoms with Gasteiger partial charge in [-0.25, -0.2) is 35.3 Å². The largest absolute Gasteiger partial charge is 0.318 e. The Kier molecular flexibility index (Phi) is 7.92. The third kappa shape index (κ3) is 6.18. The van der Waals surface area contributed by atoms with Gasteiger partial charge in [0, 0.05) is 50.2 Å². The second-order valence-electron chi connectivity index (χ2n) is 9.91. The zero-order valence-electron chi connectivity index (χ0n) is 21.5. The average Bonchev–Trinajstić information content (AvgIpc) is 3.50. The molecule has 11 nitrogen and oxygen atoms in total. The number of carbonyl (C=O) groups excluding carboxylic acids is 1. The third-order valence-electron chi connectivity index (χ3n) is 7.12. The lowest BCUT2D eigenvalue weighted by Crippen LogP contribution is -2.56. The van der Waals surface area contributed by atoms with Crippen LogP contribution in [-0.2, 0) is 16.6 Å². The van der Waals surface area contributed by atoms with Gasteiger partial charge in [-0.3, -0.25) is 19.1 Å². The Hall–Kier alpha value is -3.37. The summed E-state index contributed by atoms with van der Waals surface area (Å²) in [5.74, 6) is -0.726. The number of aromatic nitrogens is 5. The summed E-state index contributed by atoms with van der Waals surface area (Å²) in [6, 6.07) is 4.58. The summed E-state index contributed by atoms with van der Waals surface area (Å²) in [6.07, 6.45) is 1.20. The van der Waals surface area contributed by atoms with E-state index in [1.807, 2.05) is 0 Å². The van der Waals surface area contributed by atoms with E-state index in [1.165, 1.54) is 39.9 Å². The molecule has 5 rings (SSSR count). The zero-order chi connectivity index (χ0) is 28.6. The van der Waals surface area contributed by atoms with Crippen molar-refractivity contribution < 1.29 is 30.8 Å². The standard InChI is InChI=1S/C24H28F4N8O3S/c1-40(38,39)35-7-5-16(6-8-35)33-11-17(12-33)36-13-20(22(32-36)23(27)28)31-24(37)19-4-2-3-18(30-19)15-9-29-34(10-15)14-21(25)26/h2-4,9-10,13,16-17,21,23H,5-8,11-12,14H2,1H3,(H,31,37). The number of hydrogen-bond acceptors (Lipinski definition) is 7. The van der Waals surface area contributed by atoms with Gasteiger partial charge in [0.15, 0.2) is 5.69 Å². The van der Waals surface area contributed by atoms with Crippen molar-refractivity contribution in [1.82, 2.24) is 33.8 Å². The molecule has 16 heteroatoms. The van der Waals surface area contributed by atoms with E-state index in [2.05, 4.69) is 25.4 Å². The molecule has 0 bridgehead atoms. The second-order valence-corrected chi connectivity index (χ2v) is 11.9. The number of nitrogens with zero attached hydrogens (tertiary/aromatic N) is 7. The van der Waals surface area contributed by atoms with Crippen LogP contribution >= 0.6 is 0 Å². The van der Waals surface area contributed by atoms with E-state index in [-0.39, 0.29) is 23.5 Å². The van der Waals surface area contributed by atoms with Gasteiger partial charge in [0.25, 0.3) is 18.8 Å². The molecule has 0 radical (unpaired) electrons. The normalized spacial score (nSPS) is 18.0. The number of carbonyl (C=O) groups is 1. The Balaban J connectivity index is 1.23. The molecule has 0 unspecified atom stereocenters.